The number of fused-ring (bicyclic) bond motifs is 2. The van der Waals surface area contributed by atoms with Gasteiger partial charge in [-0.2, -0.15) is 9.78 Å². The SMILES string of the molecule is Cc1nn(-c2nnn[nH]2)c2nc3ccc(Cc4ccccc4)cc3cc12. The summed E-state index contributed by atoms with van der Waals surface area (Å²) in [5.41, 5.74) is 5.10. The molecule has 7 nitrogen and oxygen atoms in total. The third-order valence-electron chi connectivity index (χ3n) is 4.49. The summed E-state index contributed by atoms with van der Waals surface area (Å²) in [5.74, 6) is 0.454. The highest BCUT2D eigenvalue weighted by Crippen LogP contribution is 2.25. The second kappa shape index (κ2) is 5.73. The third-order valence-corrected chi connectivity index (χ3v) is 4.49. The Morgan fingerprint density at radius 3 is 2.69 bits per heavy atom. The summed E-state index contributed by atoms with van der Waals surface area (Å²) in [6, 6.07) is 19.0. The lowest BCUT2D eigenvalue weighted by Gasteiger charge is -2.05. The second-order valence-corrected chi connectivity index (χ2v) is 6.27. The molecule has 0 radical (unpaired) electrons. The summed E-state index contributed by atoms with van der Waals surface area (Å²) in [6.07, 6.45) is 0.900. The monoisotopic (exact) mass is 341 g/mol. The van der Waals surface area contributed by atoms with Crippen LogP contribution in [0.25, 0.3) is 27.9 Å². The quantitative estimate of drug-likeness (QED) is 0.545. The van der Waals surface area contributed by atoms with E-state index in [1.54, 1.807) is 4.68 Å². The van der Waals surface area contributed by atoms with Gasteiger partial charge in [0.2, 0.25) is 0 Å². The minimum absolute atomic E-state index is 0.454. The van der Waals surface area contributed by atoms with Crippen molar-refractivity contribution in [2.45, 2.75) is 13.3 Å². The normalized spacial score (nSPS) is 11.4. The van der Waals surface area contributed by atoms with Crippen LogP contribution in [0.3, 0.4) is 0 Å². The molecule has 0 atom stereocenters. The molecule has 0 saturated heterocycles. The van der Waals surface area contributed by atoms with Crippen LogP contribution in [0.5, 0.6) is 0 Å². The van der Waals surface area contributed by atoms with E-state index in [1.165, 1.54) is 11.1 Å². The molecule has 0 aliphatic rings. The van der Waals surface area contributed by atoms with Crippen LogP contribution < -0.4 is 0 Å². The van der Waals surface area contributed by atoms with Crippen LogP contribution in [-0.2, 0) is 6.42 Å². The molecule has 2 aromatic carbocycles. The Balaban J connectivity index is 1.63. The van der Waals surface area contributed by atoms with Crippen LogP contribution in [0.1, 0.15) is 16.8 Å². The lowest BCUT2D eigenvalue weighted by Crippen LogP contribution is -2.00. The molecule has 1 N–H and O–H groups in total. The van der Waals surface area contributed by atoms with Crippen molar-refractivity contribution >= 4 is 21.9 Å². The summed E-state index contributed by atoms with van der Waals surface area (Å²) < 4.78 is 1.64. The molecular formula is C19H15N7. The zero-order valence-electron chi connectivity index (χ0n) is 14.1. The van der Waals surface area contributed by atoms with E-state index in [4.69, 9.17) is 4.98 Å². The molecule has 3 heterocycles. The van der Waals surface area contributed by atoms with Crippen molar-refractivity contribution in [3.8, 4) is 5.95 Å². The van der Waals surface area contributed by atoms with Gasteiger partial charge in [0.05, 0.1) is 11.2 Å². The predicted molar refractivity (Wildman–Crippen MR) is 98.1 cm³/mol. The maximum atomic E-state index is 4.79. The van der Waals surface area contributed by atoms with Gasteiger partial charge in [-0.05, 0) is 53.1 Å². The van der Waals surface area contributed by atoms with Crippen molar-refractivity contribution < 1.29 is 0 Å². The largest absolute Gasteiger partial charge is 0.269 e. The van der Waals surface area contributed by atoms with E-state index in [9.17, 15) is 0 Å². The zero-order chi connectivity index (χ0) is 17.5. The van der Waals surface area contributed by atoms with E-state index in [0.29, 0.717) is 5.95 Å². The van der Waals surface area contributed by atoms with Crippen molar-refractivity contribution in [3.63, 3.8) is 0 Å². The lowest BCUT2D eigenvalue weighted by atomic mass is 10.0. The average molecular weight is 341 g/mol. The summed E-state index contributed by atoms with van der Waals surface area (Å²) >= 11 is 0. The fourth-order valence-corrected chi connectivity index (χ4v) is 3.23. The number of aromatic nitrogens is 7. The van der Waals surface area contributed by atoms with Gasteiger partial charge in [0.15, 0.2) is 5.65 Å². The van der Waals surface area contributed by atoms with E-state index in [2.05, 4.69) is 74.3 Å². The molecule has 0 spiro atoms. The van der Waals surface area contributed by atoms with Crippen LogP contribution in [0, 0.1) is 6.92 Å². The van der Waals surface area contributed by atoms with Crippen LogP contribution in [0.4, 0.5) is 0 Å². The molecule has 126 valence electrons. The molecule has 3 aromatic heterocycles. The van der Waals surface area contributed by atoms with Crippen molar-refractivity contribution in [1.82, 2.24) is 35.4 Å². The summed E-state index contributed by atoms with van der Waals surface area (Å²) in [5, 5.41) is 20.5. The zero-order valence-corrected chi connectivity index (χ0v) is 14.1. The fourth-order valence-electron chi connectivity index (χ4n) is 3.23. The molecule has 0 amide bonds. The minimum atomic E-state index is 0.454. The average Bonchev–Trinajstić information content (AvgIpc) is 3.29. The van der Waals surface area contributed by atoms with E-state index < -0.39 is 0 Å². The number of aromatic amines is 1. The van der Waals surface area contributed by atoms with E-state index in [-0.39, 0.29) is 0 Å². The molecule has 0 bridgehead atoms. The molecule has 0 unspecified atom stereocenters. The van der Waals surface area contributed by atoms with Crippen molar-refractivity contribution in [2.24, 2.45) is 0 Å². The number of benzene rings is 2. The Morgan fingerprint density at radius 2 is 1.88 bits per heavy atom. The maximum absolute atomic E-state index is 4.79. The Morgan fingerprint density at radius 1 is 1.00 bits per heavy atom. The number of aryl methyl sites for hydroxylation is 1. The number of H-pyrrole nitrogens is 1. The second-order valence-electron chi connectivity index (χ2n) is 6.27. The molecule has 5 aromatic rings. The first-order chi connectivity index (χ1) is 12.8. The Kier molecular flexibility index (Phi) is 3.24. The summed E-state index contributed by atoms with van der Waals surface area (Å²) in [7, 11) is 0. The number of nitrogens with zero attached hydrogens (tertiary/aromatic N) is 6. The van der Waals surface area contributed by atoms with E-state index in [0.717, 1.165) is 34.1 Å². The highest BCUT2D eigenvalue weighted by molar-refractivity contribution is 5.93. The maximum Gasteiger partial charge on any atom is 0.269 e. The summed E-state index contributed by atoms with van der Waals surface area (Å²) in [6.45, 7) is 1.96. The molecule has 0 fully saturated rings. The van der Waals surface area contributed by atoms with E-state index >= 15 is 0 Å². The van der Waals surface area contributed by atoms with Gasteiger partial charge in [-0.1, -0.05) is 41.5 Å². The first-order valence-corrected chi connectivity index (χ1v) is 8.35. The highest BCUT2D eigenvalue weighted by atomic mass is 15.5. The van der Waals surface area contributed by atoms with Crippen LogP contribution >= 0.6 is 0 Å². The number of tetrazole rings is 1. The number of pyridine rings is 1. The smallest absolute Gasteiger partial charge is 0.228 e. The van der Waals surface area contributed by atoms with Crippen LogP contribution in [0.2, 0.25) is 0 Å². The van der Waals surface area contributed by atoms with Gasteiger partial charge in [-0.25, -0.2) is 10.1 Å². The molecule has 26 heavy (non-hydrogen) atoms. The Bertz CT molecular complexity index is 1210. The van der Waals surface area contributed by atoms with Gasteiger partial charge in [-0.3, -0.25) is 0 Å². The topological polar surface area (TPSA) is 85.2 Å². The third kappa shape index (κ3) is 2.41. The van der Waals surface area contributed by atoms with Gasteiger partial charge >= 0.3 is 0 Å². The minimum Gasteiger partial charge on any atom is -0.228 e. The predicted octanol–water partition coefficient (Wildman–Crippen LogP) is 2.99. The fraction of sp³-hybridized carbons (Fsp3) is 0.105. The standard InChI is InChI=1S/C19H15N7/c1-12-16-11-15-10-14(9-13-5-3-2-4-6-13)7-8-17(15)20-18(16)26(23-12)19-21-24-25-22-19/h2-8,10-11H,9H2,1H3,(H,21,22,24,25). The number of hydrogen-bond donors (Lipinski definition) is 1. The highest BCUT2D eigenvalue weighted by Gasteiger charge is 2.14. The lowest BCUT2D eigenvalue weighted by molar-refractivity contribution is 0.816. The Hall–Kier alpha value is -3.61. The molecular weight excluding hydrogens is 326 g/mol. The van der Waals surface area contributed by atoms with Crippen LogP contribution in [-0.4, -0.2) is 35.4 Å². The van der Waals surface area contributed by atoms with Crippen molar-refractivity contribution in [2.75, 3.05) is 0 Å². The van der Waals surface area contributed by atoms with Crippen molar-refractivity contribution in [1.29, 1.82) is 0 Å². The van der Waals surface area contributed by atoms with Crippen molar-refractivity contribution in [3.05, 3.63) is 71.4 Å². The van der Waals surface area contributed by atoms with Gasteiger partial charge in [0, 0.05) is 10.8 Å². The van der Waals surface area contributed by atoms with Gasteiger partial charge in [-0.15, -0.1) is 0 Å². The molecule has 7 heteroatoms. The number of hydrogen-bond acceptors (Lipinski definition) is 5. The molecule has 5 rings (SSSR count). The van der Waals surface area contributed by atoms with Crippen LogP contribution in [0.15, 0.2) is 54.6 Å². The number of nitrogens with one attached hydrogen (secondary N) is 1. The van der Waals surface area contributed by atoms with Gasteiger partial charge in [0.1, 0.15) is 0 Å². The first kappa shape index (κ1) is 14.7. The molecule has 0 saturated carbocycles. The Labute approximate surface area is 148 Å². The van der Waals surface area contributed by atoms with Gasteiger partial charge < -0.3 is 0 Å². The summed E-state index contributed by atoms with van der Waals surface area (Å²) in [4.78, 5) is 4.79. The number of rotatable bonds is 3. The molecule has 0 aliphatic carbocycles. The van der Waals surface area contributed by atoms with E-state index in [1.807, 2.05) is 13.0 Å². The van der Waals surface area contributed by atoms with Gasteiger partial charge in [0.25, 0.3) is 5.95 Å². The molecule has 0 aliphatic heterocycles. The first-order valence-electron chi connectivity index (χ1n) is 8.35.